The van der Waals surface area contributed by atoms with Crippen molar-refractivity contribution in [2.24, 2.45) is 7.05 Å². The molecule has 2 aromatic rings. The second kappa shape index (κ2) is 5.35. The SMILES string of the molecule is CCOC(=O)c1cnc2c(c(C)nn2C)c1OC1CCC1. The third kappa shape index (κ3) is 2.34. The summed E-state index contributed by atoms with van der Waals surface area (Å²) in [7, 11) is 1.83. The molecule has 0 saturated heterocycles. The first kappa shape index (κ1) is 13.9. The first-order valence-corrected chi connectivity index (χ1v) is 7.28. The Morgan fingerprint density at radius 2 is 2.24 bits per heavy atom. The lowest BCUT2D eigenvalue weighted by molar-refractivity contribution is 0.0512. The van der Waals surface area contributed by atoms with Crippen molar-refractivity contribution < 1.29 is 14.3 Å². The van der Waals surface area contributed by atoms with Gasteiger partial charge in [0.15, 0.2) is 5.65 Å². The molecule has 21 heavy (non-hydrogen) atoms. The highest BCUT2D eigenvalue weighted by Gasteiger charge is 2.27. The number of nitrogens with zero attached hydrogens (tertiary/aromatic N) is 3. The van der Waals surface area contributed by atoms with Crippen molar-refractivity contribution in [3.05, 3.63) is 17.5 Å². The van der Waals surface area contributed by atoms with Crippen LogP contribution < -0.4 is 4.74 Å². The molecule has 6 heteroatoms. The van der Waals surface area contributed by atoms with Crippen LogP contribution >= 0.6 is 0 Å². The van der Waals surface area contributed by atoms with Gasteiger partial charge in [-0.05, 0) is 33.1 Å². The number of aromatic nitrogens is 3. The number of hydrogen-bond donors (Lipinski definition) is 0. The van der Waals surface area contributed by atoms with Crippen molar-refractivity contribution in [2.75, 3.05) is 6.61 Å². The molecule has 2 aromatic heterocycles. The maximum atomic E-state index is 12.1. The smallest absolute Gasteiger partial charge is 0.343 e. The molecule has 1 saturated carbocycles. The van der Waals surface area contributed by atoms with Crippen LogP contribution in [0.5, 0.6) is 5.75 Å². The average molecular weight is 289 g/mol. The van der Waals surface area contributed by atoms with E-state index in [1.165, 1.54) is 12.6 Å². The van der Waals surface area contributed by atoms with Crippen LogP contribution in [-0.4, -0.2) is 33.4 Å². The van der Waals surface area contributed by atoms with Gasteiger partial charge in [-0.3, -0.25) is 4.68 Å². The normalized spacial score (nSPS) is 15.0. The van der Waals surface area contributed by atoms with E-state index in [0.717, 1.165) is 29.6 Å². The molecular weight excluding hydrogens is 270 g/mol. The first-order chi connectivity index (χ1) is 10.1. The molecular formula is C15H19N3O3. The molecule has 1 aliphatic carbocycles. The predicted octanol–water partition coefficient (Wildman–Crippen LogP) is 2.38. The lowest BCUT2D eigenvalue weighted by Crippen LogP contribution is -2.26. The number of carbonyl (C=O) groups excluding carboxylic acids is 1. The summed E-state index contributed by atoms with van der Waals surface area (Å²) in [6.07, 6.45) is 4.90. The summed E-state index contributed by atoms with van der Waals surface area (Å²) < 4.78 is 12.9. The molecule has 6 nitrogen and oxygen atoms in total. The maximum Gasteiger partial charge on any atom is 0.343 e. The van der Waals surface area contributed by atoms with Crippen molar-refractivity contribution in [1.29, 1.82) is 0 Å². The van der Waals surface area contributed by atoms with Crippen molar-refractivity contribution in [3.8, 4) is 5.75 Å². The van der Waals surface area contributed by atoms with Gasteiger partial charge in [-0.2, -0.15) is 5.10 Å². The van der Waals surface area contributed by atoms with E-state index in [1.54, 1.807) is 11.6 Å². The Balaban J connectivity index is 2.14. The van der Waals surface area contributed by atoms with Gasteiger partial charge in [0.1, 0.15) is 11.3 Å². The Bertz CT molecular complexity index is 689. The van der Waals surface area contributed by atoms with Crippen LogP contribution in [0.4, 0.5) is 0 Å². The Hall–Kier alpha value is -2.11. The highest BCUT2D eigenvalue weighted by atomic mass is 16.5. The summed E-state index contributed by atoms with van der Waals surface area (Å²) in [6.45, 7) is 4.00. The lowest BCUT2D eigenvalue weighted by atomic mass is 9.96. The standard InChI is InChI=1S/C15H19N3O3/c1-4-20-15(19)11-8-16-14-12(9(2)17-18(14)3)13(11)21-10-6-5-7-10/h8,10H,4-7H2,1-3H3. The maximum absolute atomic E-state index is 12.1. The average Bonchev–Trinajstić information content (AvgIpc) is 2.69. The number of fused-ring (bicyclic) bond motifs is 1. The molecule has 0 spiro atoms. The minimum Gasteiger partial charge on any atom is -0.489 e. The van der Waals surface area contributed by atoms with Crippen molar-refractivity contribution in [3.63, 3.8) is 0 Å². The van der Waals surface area contributed by atoms with Gasteiger partial charge in [0.05, 0.1) is 23.8 Å². The van der Waals surface area contributed by atoms with Crippen LogP contribution in [0.2, 0.25) is 0 Å². The van der Waals surface area contributed by atoms with E-state index in [-0.39, 0.29) is 6.10 Å². The van der Waals surface area contributed by atoms with Gasteiger partial charge >= 0.3 is 5.97 Å². The number of esters is 1. The van der Waals surface area contributed by atoms with E-state index in [1.807, 2.05) is 14.0 Å². The third-order valence-electron chi connectivity index (χ3n) is 3.81. The summed E-state index contributed by atoms with van der Waals surface area (Å²) in [5, 5.41) is 5.17. The van der Waals surface area contributed by atoms with Crippen LogP contribution in [0.15, 0.2) is 6.20 Å². The van der Waals surface area contributed by atoms with Gasteiger partial charge in [-0.25, -0.2) is 9.78 Å². The lowest BCUT2D eigenvalue weighted by Gasteiger charge is -2.27. The van der Waals surface area contributed by atoms with Gasteiger partial charge in [0.25, 0.3) is 0 Å². The molecule has 1 aliphatic rings. The summed E-state index contributed by atoms with van der Waals surface area (Å²) in [6, 6.07) is 0. The summed E-state index contributed by atoms with van der Waals surface area (Å²) in [4.78, 5) is 16.5. The van der Waals surface area contributed by atoms with Gasteiger partial charge in [0.2, 0.25) is 0 Å². The molecule has 0 aliphatic heterocycles. The quantitative estimate of drug-likeness (QED) is 0.808. The largest absolute Gasteiger partial charge is 0.489 e. The molecule has 0 atom stereocenters. The summed E-state index contributed by atoms with van der Waals surface area (Å²) in [5.41, 5.74) is 1.91. The highest BCUT2D eigenvalue weighted by Crippen LogP contribution is 2.35. The Morgan fingerprint density at radius 3 is 2.86 bits per heavy atom. The predicted molar refractivity (Wildman–Crippen MR) is 77.5 cm³/mol. The minimum absolute atomic E-state index is 0.170. The zero-order chi connectivity index (χ0) is 15.0. The van der Waals surface area contributed by atoms with Crippen LogP contribution in [-0.2, 0) is 11.8 Å². The summed E-state index contributed by atoms with van der Waals surface area (Å²) in [5.74, 6) is 0.165. The fraction of sp³-hybridized carbons (Fsp3) is 0.533. The Morgan fingerprint density at radius 1 is 1.48 bits per heavy atom. The number of ether oxygens (including phenoxy) is 2. The van der Waals surface area contributed by atoms with Crippen LogP contribution in [0.3, 0.4) is 0 Å². The molecule has 0 bridgehead atoms. The van der Waals surface area contributed by atoms with Gasteiger partial charge < -0.3 is 9.47 Å². The fourth-order valence-electron chi connectivity index (χ4n) is 2.51. The second-order valence-electron chi connectivity index (χ2n) is 5.30. The number of rotatable bonds is 4. The topological polar surface area (TPSA) is 66.2 Å². The third-order valence-corrected chi connectivity index (χ3v) is 3.81. The Kier molecular flexibility index (Phi) is 3.53. The van der Waals surface area contributed by atoms with Gasteiger partial charge in [-0.15, -0.1) is 0 Å². The van der Waals surface area contributed by atoms with Crippen molar-refractivity contribution in [2.45, 2.75) is 39.2 Å². The molecule has 0 aromatic carbocycles. The van der Waals surface area contributed by atoms with Crippen LogP contribution in [0.1, 0.15) is 42.2 Å². The van der Waals surface area contributed by atoms with E-state index >= 15 is 0 Å². The molecule has 0 amide bonds. The van der Waals surface area contributed by atoms with Gasteiger partial charge in [-0.1, -0.05) is 0 Å². The van der Waals surface area contributed by atoms with Crippen LogP contribution in [0, 0.1) is 6.92 Å². The molecule has 3 rings (SSSR count). The zero-order valence-electron chi connectivity index (χ0n) is 12.5. The molecule has 1 fully saturated rings. The van der Waals surface area contributed by atoms with E-state index in [0.29, 0.717) is 17.9 Å². The number of carbonyl (C=O) groups is 1. The number of pyridine rings is 1. The highest BCUT2D eigenvalue weighted by molar-refractivity contribution is 5.99. The number of aryl methyl sites for hydroxylation is 2. The summed E-state index contributed by atoms with van der Waals surface area (Å²) >= 11 is 0. The second-order valence-corrected chi connectivity index (χ2v) is 5.30. The zero-order valence-corrected chi connectivity index (χ0v) is 12.5. The number of hydrogen-bond acceptors (Lipinski definition) is 5. The molecule has 2 heterocycles. The molecule has 0 unspecified atom stereocenters. The Labute approximate surface area is 123 Å². The van der Waals surface area contributed by atoms with E-state index in [9.17, 15) is 4.79 Å². The van der Waals surface area contributed by atoms with Crippen molar-refractivity contribution >= 4 is 17.0 Å². The van der Waals surface area contributed by atoms with E-state index in [2.05, 4.69) is 10.1 Å². The minimum atomic E-state index is -0.399. The first-order valence-electron chi connectivity index (χ1n) is 7.28. The molecule has 0 radical (unpaired) electrons. The van der Waals surface area contributed by atoms with Gasteiger partial charge in [0, 0.05) is 13.2 Å². The van der Waals surface area contributed by atoms with Crippen LogP contribution in [0.25, 0.3) is 11.0 Å². The van der Waals surface area contributed by atoms with Crippen molar-refractivity contribution in [1.82, 2.24) is 14.8 Å². The molecule has 112 valence electrons. The fourth-order valence-corrected chi connectivity index (χ4v) is 2.51. The monoisotopic (exact) mass is 289 g/mol. The molecule has 0 N–H and O–H groups in total. The van der Waals surface area contributed by atoms with E-state index < -0.39 is 5.97 Å². The van der Waals surface area contributed by atoms with E-state index in [4.69, 9.17) is 9.47 Å².